The molecule has 0 spiro atoms. The number of likely N-dealkylation sites (tertiary alicyclic amines) is 1. The first-order valence-corrected chi connectivity index (χ1v) is 11.1. The number of fused-ring (bicyclic) bond motifs is 1. The second kappa shape index (κ2) is 8.08. The van der Waals surface area contributed by atoms with E-state index in [0.717, 1.165) is 61.1 Å². The highest BCUT2D eigenvalue weighted by atomic mass is 32.1. The topological polar surface area (TPSA) is 71.5 Å². The molecule has 2 aromatic heterocycles. The Kier molecular flexibility index (Phi) is 5.68. The average molecular weight is 416 g/mol. The fourth-order valence-electron chi connectivity index (χ4n) is 4.40. The van der Waals surface area contributed by atoms with Crippen molar-refractivity contribution in [3.8, 4) is 0 Å². The van der Waals surface area contributed by atoms with Gasteiger partial charge in [0.25, 0.3) is 0 Å². The summed E-state index contributed by atoms with van der Waals surface area (Å²) in [7, 11) is 1.65. The van der Waals surface area contributed by atoms with E-state index in [1.807, 2.05) is 12.4 Å². The number of ether oxygens (including phenoxy) is 1. The number of rotatable bonds is 6. The van der Waals surface area contributed by atoms with Gasteiger partial charge in [0.05, 0.1) is 30.8 Å². The van der Waals surface area contributed by atoms with E-state index in [1.54, 1.807) is 23.3 Å². The number of carbonyl (C=O) groups excluding carboxylic acids is 1. The van der Waals surface area contributed by atoms with Crippen LogP contribution in [-0.4, -0.2) is 59.1 Å². The van der Waals surface area contributed by atoms with Crippen LogP contribution in [0.15, 0.2) is 5.51 Å². The molecule has 1 saturated heterocycles. The van der Waals surface area contributed by atoms with Gasteiger partial charge in [-0.25, -0.2) is 15.0 Å². The molecule has 0 radical (unpaired) electrons. The Morgan fingerprint density at radius 3 is 2.83 bits per heavy atom. The lowest BCUT2D eigenvalue weighted by molar-refractivity contribution is -0.117. The van der Waals surface area contributed by atoms with Gasteiger partial charge < -0.3 is 4.74 Å². The van der Waals surface area contributed by atoms with E-state index in [2.05, 4.69) is 23.7 Å². The molecular formula is C21H29N5O2S. The Morgan fingerprint density at radius 2 is 2.10 bits per heavy atom. The van der Waals surface area contributed by atoms with Crippen molar-refractivity contribution in [1.82, 2.24) is 19.9 Å². The largest absolute Gasteiger partial charge is 0.383 e. The quantitative estimate of drug-likeness (QED) is 0.722. The fraction of sp³-hybridized carbons (Fsp3) is 0.619. The van der Waals surface area contributed by atoms with E-state index < -0.39 is 0 Å². The molecule has 8 heteroatoms. The van der Waals surface area contributed by atoms with Gasteiger partial charge in [-0.05, 0) is 33.2 Å². The molecule has 156 valence electrons. The maximum atomic E-state index is 12.5. The minimum Gasteiger partial charge on any atom is -0.383 e. The summed E-state index contributed by atoms with van der Waals surface area (Å²) in [6.07, 6.45) is 2.55. The summed E-state index contributed by atoms with van der Waals surface area (Å²) in [6, 6.07) is 0. The Morgan fingerprint density at radius 1 is 1.28 bits per heavy atom. The van der Waals surface area contributed by atoms with E-state index in [-0.39, 0.29) is 11.3 Å². The summed E-state index contributed by atoms with van der Waals surface area (Å²) >= 11 is 1.73. The number of aryl methyl sites for hydroxylation is 2. The molecule has 1 atom stereocenters. The number of amides is 1. The maximum absolute atomic E-state index is 12.5. The number of thiazole rings is 1. The predicted molar refractivity (Wildman–Crippen MR) is 113 cm³/mol. The van der Waals surface area contributed by atoms with Gasteiger partial charge in [-0.3, -0.25) is 14.6 Å². The molecule has 4 rings (SSSR count). The van der Waals surface area contributed by atoms with Crippen LogP contribution >= 0.6 is 11.3 Å². The number of aromatic nitrogens is 3. The molecule has 4 heterocycles. The SMILES string of the molecule is COCCN1C(=O)Cc2c(C)nc([C@@]3(C)CCCN(Cc4scnc4C)C3)nc21. The number of nitrogens with zero attached hydrogens (tertiary/aromatic N) is 5. The van der Waals surface area contributed by atoms with E-state index >= 15 is 0 Å². The van der Waals surface area contributed by atoms with E-state index in [0.29, 0.717) is 19.6 Å². The maximum Gasteiger partial charge on any atom is 0.232 e. The number of carbonyl (C=O) groups is 1. The summed E-state index contributed by atoms with van der Waals surface area (Å²) in [5.74, 6) is 1.73. The molecule has 0 saturated carbocycles. The predicted octanol–water partition coefficient (Wildman–Crippen LogP) is 2.64. The molecule has 0 N–H and O–H groups in total. The summed E-state index contributed by atoms with van der Waals surface area (Å²) in [5.41, 5.74) is 4.81. The molecule has 7 nitrogen and oxygen atoms in total. The van der Waals surface area contributed by atoms with Crippen LogP contribution in [0.4, 0.5) is 5.82 Å². The van der Waals surface area contributed by atoms with Crippen molar-refractivity contribution >= 4 is 23.1 Å². The smallest absolute Gasteiger partial charge is 0.232 e. The molecule has 2 aliphatic heterocycles. The summed E-state index contributed by atoms with van der Waals surface area (Å²) < 4.78 is 5.19. The molecule has 0 aliphatic carbocycles. The molecule has 1 fully saturated rings. The number of hydrogen-bond donors (Lipinski definition) is 0. The van der Waals surface area contributed by atoms with Gasteiger partial charge in [0.1, 0.15) is 11.6 Å². The highest BCUT2D eigenvalue weighted by molar-refractivity contribution is 7.09. The average Bonchev–Trinajstić information content (AvgIpc) is 3.23. The minimum absolute atomic E-state index is 0.0858. The standard InChI is InChI=1S/C21H29N5O2S/c1-14-16-10-18(27)26(8-9-28-4)19(16)24-20(23-14)21(3)6-5-7-25(12-21)11-17-15(2)22-13-29-17/h13H,5-12H2,1-4H3/t21-/m0/s1. The van der Waals surface area contributed by atoms with Crippen molar-refractivity contribution < 1.29 is 9.53 Å². The van der Waals surface area contributed by atoms with Crippen LogP contribution in [0.2, 0.25) is 0 Å². The van der Waals surface area contributed by atoms with Crippen molar-refractivity contribution in [1.29, 1.82) is 0 Å². The zero-order valence-corrected chi connectivity index (χ0v) is 18.5. The van der Waals surface area contributed by atoms with Crippen molar-refractivity contribution in [2.24, 2.45) is 0 Å². The molecule has 0 aromatic carbocycles. The van der Waals surface area contributed by atoms with Crippen molar-refractivity contribution in [2.75, 3.05) is 38.3 Å². The first-order chi connectivity index (χ1) is 13.9. The first-order valence-electron chi connectivity index (χ1n) is 10.2. The Bertz CT molecular complexity index is 914. The molecule has 1 amide bonds. The number of piperidine rings is 1. The van der Waals surface area contributed by atoms with E-state index in [9.17, 15) is 4.79 Å². The third-order valence-corrected chi connectivity index (χ3v) is 7.04. The van der Waals surface area contributed by atoms with Crippen LogP contribution in [0, 0.1) is 13.8 Å². The molecule has 2 aromatic rings. The molecule has 0 unspecified atom stereocenters. The Balaban J connectivity index is 1.60. The molecule has 0 bridgehead atoms. The Hall–Kier alpha value is -1.90. The highest BCUT2D eigenvalue weighted by Gasteiger charge is 2.38. The number of anilines is 1. The Labute approximate surface area is 176 Å². The fourth-order valence-corrected chi connectivity index (χ4v) is 5.22. The van der Waals surface area contributed by atoms with Crippen LogP contribution in [0.1, 0.15) is 47.4 Å². The zero-order valence-electron chi connectivity index (χ0n) is 17.7. The summed E-state index contributed by atoms with van der Waals surface area (Å²) in [6.45, 7) is 10.3. The normalized spacial score (nSPS) is 22.3. The van der Waals surface area contributed by atoms with Crippen molar-refractivity contribution in [2.45, 2.75) is 52.0 Å². The van der Waals surface area contributed by atoms with Gasteiger partial charge >= 0.3 is 0 Å². The van der Waals surface area contributed by atoms with Crippen LogP contribution in [0.5, 0.6) is 0 Å². The van der Waals surface area contributed by atoms with Gasteiger partial charge in [-0.15, -0.1) is 11.3 Å². The second-order valence-electron chi connectivity index (χ2n) is 8.39. The van der Waals surface area contributed by atoms with Crippen molar-refractivity contribution in [3.05, 3.63) is 33.2 Å². The van der Waals surface area contributed by atoms with E-state index in [4.69, 9.17) is 14.7 Å². The van der Waals surface area contributed by atoms with Gasteiger partial charge in [0.15, 0.2) is 0 Å². The second-order valence-corrected chi connectivity index (χ2v) is 9.32. The van der Waals surface area contributed by atoms with Gasteiger partial charge in [0.2, 0.25) is 5.91 Å². The molecular weight excluding hydrogens is 386 g/mol. The van der Waals surface area contributed by atoms with Gasteiger partial charge in [0, 0.05) is 41.7 Å². The minimum atomic E-state index is -0.130. The first kappa shape index (κ1) is 20.4. The molecule has 2 aliphatic rings. The lowest BCUT2D eigenvalue weighted by Gasteiger charge is -2.39. The van der Waals surface area contributed by atoms with Gasteiger partial charge in [-0.1, -0.05) is 6.92 Å². The lowest BCUT2D eigenvalue weighted by atomic mass is 9.80. The van der Waals surface area contributed by atoms with Gasteiger partial charge in [-0.2, -0.15) is 0 Å². The van der Waals surface area contributed by atoms with Crippen LogP contribution in [0.3, 0.4) is 0 Å². The summed E-state index contributed by atoms with van der Waals surface area (Å²) in [4.78, 5) is 32.3. The molecule has 29 heavy (non-hydrogen) atoms. The lowest BCUT2D eigenvalue weighted by Crippen LogP contribution is -2.45. The third kappa shape index (κ3) is 3.93. The van der Waals surface area contributed by atoms with Crippen LogP contribution in [0.25, 0.3) is 0 Å². The third-order valence-electron chi connectivity index (χ3n) is 6.12. The number of hydrogen-bond acceptors (Lipinski definition) is 7. The van der Waals surface area contributed by atoms with Crippen LogP contribution in [-0.2, 0) is 27.9 Å². The highest BCUT2D eigenvalue weighted by Crippen LogP contribution is 2.36. The van der Waals surface area contributed by atoms with E-state index in [1.165, 1.54) is 4.88 Å². The van der Waals surface area contributed by atoms with Crippen LogP contribution < -0.4 is 4.90 Å². The zero-order chi connectivity index (χ0) is 20.6. The number of methoxy groups -OCH3 is 1. The van der Waals surface area contributed by atoms with Crippen molar-refractivity contribution in [3.63, 3.8) is 0 Å². The monoisotopic (exact) mass is 415 g/mol. The summed E-state index contributed by atoms with van der Waals surface area (Å²) in [5, 5.41) is 0.